The van der Waals surface area contributed by atoms with E-state index in [9.17, 15) is 19.1 Å². The van der Waals surface area contributed by atoms with Gasteiger partial charge in [0.25, 0.3) is 11.7 Å². The first-order chi connectivity index (χ1) is 15.8. The lowest BCUT2D eigenvalue weighted by atomic mass is 9.94. The minimum absolute atomic E-state index is 0.101. The van der Waals surface area contributed by atoms with Crippen LogP contribution in [-0.2, 0) is 21.4 Å². The summed E-state index contributed by atoms with van der Waals surface area (Å²) >= 11 is 0. The van der Waals surface area contributed by atoms with E-state index >= 15 is 0 Å². The smallest absolute Gasteiger partial charge is 0.295 e. The average Bonchev–Trinajstić information content (AvgIpc) is 3.20. The quantitative estimate of drug-likeness (QED) is 0.408. The Kier molecular flexibility index (Phi) is 6.62. The van der Waals surface area contributed by atoms with Gasteiger partial charge in [-0.15, -0.1) is 0 Å². The van der Waals surface area contributed by atoms with E-state index in [1.54, 1.807) is 43.8 Å². The number of morpholine rings is 1. The van der Waals surface area contributed by atoms with Crippen LogP contribution in [0.2, 0.25) is 0 Å². The maximum atomic E-state index is 14.9. The van der Waals surface area contributed by atoms with Crippen molar-refractivity contribution in [1.82, 2.24) is 19.6 Å². The molecule has 4 rings (SSSR count). The summed E-state index contributed by atoms with van der Waals surface area (Å²) in [5.41, 5.74) is 1.65. The van der Waals surface area contributed by atoms with Crippen molar-refractivity contribution in [2.45, 2.75) is 26.3 Å². The molecule has 1 aromatic heterocycles. The fourth-order valence-corrected chi connectivity index (χ4v) is 4.67. The van der Waals surface area contributed by atoms with Crippen LogP contribution in [-0.4, -0.2) is 75.8 Å². The van der Waals surface area contributed by atoms with E-state index in [2.05, 4.69) is 10.00 Å². The van der Waals surface area contributed by atoms with Crippen LogP contribution < -0.4 is 0 Å². The fraction of sp³-hybridized carbons (Fsp3) is 0.458. The number of ketones is 1. The molecule has 1 aromatic carbocycles. The van der Waals surface area contributed by atoms with Gasteiger partial charge in [0.15, 0.2) is 0 Å². The number of hydrogen-bond acceptors (Lipinski definition) is 6. The summed E-state index contributed by atoms with van der Waals surface area (Å²) in [5.74, 6) is -2.39. The van der Waals surface area contributed by atoms with E-state index in [-0.39, 0.29) is 23.4 Å². The lowest BCUT2D eigenvalue weighted by Gasteiger charge is -2.29. The Morgan fingerprint density at radius 3 is 2.52 bits per heavy atom. The maximum absolute atomic E-state index is 14.9. The predicted molar refractivity (Wildman–Crippen MR) is 120 cm³/mol. The highest BCUT2D eigenvalue weighted by Gasteiger charge is 2.47. The van der Waals surface area contributed by atoms with Crippen molar-refractivity contribution in [3.63, 3.8) is 0 Å². The summed E-state index contributed by atoms with van der Waals surface area (Å²) in [7, 11) is 1.73. The van der Waals surface area contributed by atoms with Crippen molar-refractivity contribution in [3.05, 3.63) is 58.2 Å². The number of ether oxygens (including phenoxy) is 1. The second kappa shape index (κ2) is 9.44. The van der Waals surface area contributed by atoms with Gasteiger partial charge in [0.1, 0.15) is 11.6 Å². The third-order valence-electron chi connectivity index (χ3n) is 6.46. The number of aliphatic hydroxyl groups is 1. The van der Waals surface area contributed by atoms with Gasteiger partial charge in [0, 0.05) is 44.5 Å². The summed E-state index contributed by atoms with van der Waals surface area (Å²) < 4.78 is 21.9. The topological polar surface area (TPSA) is 87.9 Å². The predicted octanol–water partition coefficient (Wildman–Crippen LogP) is 2.32. The molecule has 2 aliphatic rings. The molecule has 9 heteroatoms. The molecule has 1 N–H and O–H groups in total. The summed E-state index contributed by atoms with van der Waals surface area (Å²) in [6, 6.07) is 5.06. The minimum Gasteiger partial charge on any atom is -0.507 e. The second-order valence-corrected chi connectivity index (χ2v) is 8.49. The SMILES string of the molecule is Cc1nn(C)c(C)c1/C(O)=C1\C(=O)C(=O)N(CCCN2CCOCC2)[C@H]1c1ccccc1F. The number of carbonyl (C=O) groups excluding carboxylic acids is 2. The monoisotopic (exact) mass is 456 g/mol. The third kappa shape index (κ3) is 4.30. The number of halogens is 1. The van der Waals surface area contributed by atoms with E-state index in [4.69, 9.17) is 4.74 Å². The molecule has 1 amide bonds. The zero-order valence-corrected chi connectivity index (χ0v) is 19.2. The first-order valence-electron chi connectivity index (χ1n) is 11.1. The van der Waals surface area contributed by atoms with Gasteiger partial charge in [-0.05, 0) is 26.3 Å². The van der Waals surface area contributed by atoms with Crippen LogP contribution in [0.5, 0.6) is 0 Å². The van der Waals surface area contributed by atoms with Crippen molar-refractivity contribution < 1.29 is 23.8 Å². The molecule has 3 heterocycles. The van der Waals surface area contributed by atoms with Crippen molar-refractivity contribution in [2.24, 2.45) is 7.05 Å². The molecule has 176 valence electrons. The Morgan fingerprint density at radius 2 is 1.88 bits per heavy atom. The number of aliphatic hydroxyl groups excluding tert-OH is 1. The molecular weight excluding hydrogens is 427 g/mol. The molecule has 2 saturated heterocycles. The molecule has 33 heavy (non-hydrogen) atoms. The summed E-state index contributed by atoms with van der Waals surface area (Å²) in [6.07, 6.45) is 0.614. The van der Waals surface area contributed by atoms with Crippen LogP contribution in [0.15, 0.2) is 29.8 Å². The number of aromatic nitrogens is 2. The summed E-state index contributed by atoms with van der Waals surface area (Å²) in [4.78, 5) is 29.8. The van der Waals surface area contributed by atoms with Crippen LogP contribution in [0.25, 0.3) is 5.76 Å². The van der Waals surface area contributed by atoms with Crippen LogP contribution in [0, 0.1) is 19.7 Å². The molecule has 0 bridgehead atoms. The third-order valence-corrected chi connectivity index (χ3v) is 6.46. The lowest BCUT2D eigenvalue weighted by molar-refractivity contribution is -0.140. The molecule has 0 radical (unpaired) electrons. The van der Waals surface area contributed by atoms with Gasteiger partial charge in [-0.3, -0.25) is 19.2 Å². The van der Waals surface area contributed by atoms with E-state index in [1.165, 1.54) is 11.0 Å². The molecule has 1 atom stereocenters. The number of Topliss-reactive ketones (excluding diaryl/α,β-unsaturated/α-hetero) is 1. The number of carbonyl (C=O) groups is 2. The number of hydrogen-bond donors (Lipinski definition) is 1. The second-order valence-electron chi connectivity index (χ2n) is 8.49. The highest BCUT2D eigenvalue weighted by molar-refractivity contribution is 6.46. The van der Waals surface area contributed by atoms with Gasteiger partial charge < -0.3 is 14.7 Å². The van der Waals surface area contributed by atoms with Gasteiger partial charge in [0.05, 0.1) is 36.1 Å². The zero-order chi connectivity index (χ0) is 23.7. The first-order valence-corrected chi connectivity index (χ1v) is 11.1. The highest BCUT2D eigenvalue weighted by atomic mass is 19.1. The van der Waals surface area contributed by atoms with Gasteiger partial charge in [0.2, 0.25) is 0 Å². The number of nitrogens with zero attached hydrogens (tertiary/aromatic N) is 4. The first kappa shape index (κ1) is 23.1. The summed E-state index contributed by atoms with van der Waals surface area (Å²) in [6.45, 7) is 7.46. The molecule has 0 unspecified atom stereocenters. The number of amides is 1. The van der Waals surface area contributed by atoms with Crippen molar-refractivity contribution >= 4 is 17.4 Å². The standard InChI is InChI=1S/C24H29FN4O4/c1-15-19(16(2)27(3)26-15)22(30)20-21(17-7-4-5-8-18(17)25)29(24(32)23(20)31)10-6-9-28-11-13-33-14-12-28/h4-5,7-8,21,30H,6,9-14H2,1-3H3/b22-20+/t21-/m0/s1. The van der Waals surface area contributed by atoms with Crippen molar-refractivity contribution in [3.8, 4) is 0 Å². The Bertz CT molecular complexity index is 1100. The summed E-state index contributed by atoms with van der Waals surface area (Å²) in [5, 5.41) is 15.5. The van der Waals surface area contributed by atoms with Gasteiger partial charge in [-0.1, -0.05) is 18.2 Å². The molecule has 8 nitrogen and oxygen atoms in total. The van der Waals surface area contributed by atoms with E-state index in [0.717, 1.165) is 19.6 Å². The molecule has 2 fully saturated rings. The normalized spacial score (nSPS) is 21.2. The minimum atomic E-state index is -1.00. The highest BCUT2D eigenvalue weighted by Crippen LogP contribution is 2.41. The van der Waals surface area contributed by atoms with Gasteiger partial charge in [-0.25, -0.2) is 4.39 Å². The van der Waals surface area contributed by atoms with E-state index in [0.29, 0.717) is 36.6 Å². The van der Waals surface area contributed by atoms with Crippen molar-refractivity contribution in [1.29, 1.82) is 0 Å². The molecule has 2 aromatic rings. The molecule has 0 saturated carbocycles. The molecule has 0 spiro atoms. The Hall–Kier alpha value is -3.04. The van der Waals surface area contributed by atoms with Crippen LogP contribution in [0.4, 0.5) is 4.39 Å². The van der Waals surface area contributed by atoms with Gasteiger partial charge in [-0.2, -0.15) is 5.10 Å². The van der Waals surface area contributed by atoms with Crippen LogP contribution >= 0.6 is 0 Å². The number of benzene rings is 1. The van der Waals surface area contributed by atoms with E-state index < -0.39 is 23.5 Å². The Labute approximate surface area is 192 Å². The zero-order valence-electron chi connectivity index (χ0n) is 19.2. The largest absolute Gasteiger partial charge is 0.507 e. The number of rotatable bonds is 6. The number of aryl methyl sites for hydroxylation is 2. The Balaban J connectivity index is 1.73. The molecule has 0 aliphatic carbocycles. The van der Waals surface area contributed by atoms with Crippen LogP contribution in [0.1, 0.15) is 35.0 Å². The fourth-order valence-electron chi connectivity index (χ4n) is 4.67. The maximum Gasteiger partial charge on any atom is 0.295 e. The lowest BCUT2D eigenvalue weighted by Crippen LogP contribution is -2.39. The average molecular weight is 457 g/mol. The van der Waals surface area contributed by atoms with Crippen molar-refractivity contribution in [2.75, 3.05) is 39.4 Å². The Morgan fingerprint density at radius 1 is 1.18 bits per heavy atom. The molecular formula is C24H29FN4O4. The molecule has 2 aliphatic heterocycles. The van der Waals surface area contributed by atoms with Gasteiger partial charge >= 0.3 is 0 Å². The van der Waals surface area contributed by atoms with Crippen LogP contribution in [0.3, 0.4) is 0 Å². The number of likely N-dealkylation sites (tertiary alicyclic amines) is 1. The van der Waals surface area contributed by atoms with E-state index in [1.807, 2.05) is 0 Å².